The zero-order chi connectivity index (χ0) is 9.97. The van der Waals surface area contributed by atoms with Crippen LogP contribution in [0.25, 0.3) is 5.82 Å². The number of aldehydes is 1. The minimum absolute atomic E-state index is 0.537. The molecule has 2 heterocycles. The van der Waals surface area contributed by atoms with Crippen molar-refractivity contribution in [3.8, 4) is 5.82 Å². The van der Waals surface area contributed by atoms with Crippen LogP contribution in [0, 0.1) is 0 Å². The Labute approximate surface area is 88.7 Å². The first-order chi connectivity index (χ1) is 6.79. The van der Waals surface area contributed by atoms with Gasteiger partial charge in [0.15, 0.2) is 12.1 Å². The Morgan fingerprint density at radius 2 is 2.21 bits per heavy atom. The largest absolute Gasteiger partial charge is 0.298 e. The third-order valence-electron chi connectivity index (χ3n) is 1.69. The summed E-state index contributed by atoms with van der Waals surface area (Å²) in [6, 6.07) is 3.68. The van der Waals surface area contributed by atoms with Crippen molar-refractivity contribution in [3.63, 3.8) is 0 Å². The van der Waals surface area contributed by atoms with E-state index in [9.17, 15) is 4.79 Å². The van der Waals surface area contributed by atoms with Crippen molar-refractivity contribution in [2.75, 3.05) is 0 Å². The summed E-state index contributed by atoms with van der Waals surface area (Å²) in [6.45, 7) is 0. The van der Waals surface area contributed by atoms with E-state index in [2.05, 4.69) is 26.0 Å². The van der Waals surface area contributed by atoms with E-state index >= 15 is 0 Å². The molecule has 14 heavy (non-hydrogen) atoms. The maximum Gasteiger partial charge on any atom is 0.153 e. The predicted molar refractivity (Wildman–Crippen MR) is 54.4 cm³/mol. The van der Waals surface area contributed by atoms with E-state index in [-0.39, 0.29) is 0 Å². The van der Waals surface area contributed by atoms with Crippen LogP contribution in [0.3, 0.4) is 0 Å². The van der Waals surface area contributed by atoms with E-state index in [1.807, 2.05) is 12.1 Å². The van der Waals surface area contributed by atoms with Crippen molar-refractivity contribution in [2.45, 2.75) is 0 Å². The third-order valence-corrected chi connectivity index (χ3v) is 2.15. The minimum Gasteiger partial charge on any atom is -0.298 e. The monoisotopic (exact) mass is 251 g/mol. The molecule has 0 aromatic carbocycles. The molecule has 0 radical (unpaired) electrons. The van der Waals surface area contributed by atoms with Gasteiger partial charge in [0.2, 0.25) is 0 Å². The first-order valence-corrected chi connectivity index (χ1v) is 4.70. The quantitative estimate of drug-likeness (QED) is 0.766. The molecule has 4 nitrogen and oxygen atoms in total. The molecule has 0 aliphatic heterocycles. The Bertz CT molecular complexity index is 449. The number of nitrogens with zero attached hydrogens (tertiary/aromatic N) is 3. The lowest BCUT2D eigenvalue weighted by molar-refractivity contribution is 0.112. The molecule has 0 bridgehead atoms. The van der Waals surface area contributed by atoms with Crippen LogP contribution in [0.15, 0.2) is 35.2 Å². The maximum absolute atomic E-state index is 10.4. The molecule has 0 unspecified atom stereocenters. The summed E-state index contributed by atoms with van der Waals surface area (Å²) in [4.78, 5) is 14.6. The second kappa shape index (κ2) is 3.71. The Morgan fingerprint density at radius 3 is 2.79 bits per heavy atom. The van der Waals surface area contributed by atoms with E-state index in [0.29, 0.717) is 11.4 Å². The van der Waals surface area contributed by atoms with E-state index in [4.69, 9.17) is 0 Å². The molecular weight excluding hydrogens is 246 g/mol. The fourth-order valence-corrected chi connectivity index (χ4v) is 1.26. The van der Waals surface area contributed by atoms with Gasteiger partial charge in [-0.15, -0.1) is 0 Å². The molecule has 5 heteroatoms. The van der Waals surface area contributed by atoms with Crippen LogP contribution in [-0.4, -0.2) is 21.1 Å². The van der Waals surface area contributed by atoms with Gasteiger partial charge in [-0.3, -0.25) is 4.79 Å². The number of rotatable bonds is 2. The van der Waals surface area contributed by atoms with E-state index < -0.39 is 0 Å². The van der Waals surface area contributed by atoms with Gasteiger partial charge >= 0.3 is 0 Å². The highest BCUT2D eigenvalue weighted by Crippen LogP contribution is 2.10. The summed E-state index contributed by atoms with van der Waals surface area (Å²) in [5, 5.41) is 3.99. The molecule has 2 aromatic rings. The van der Waals surface area contributed by atoms with Gasteiger partial charge in [0.25, 0.3) is 0 Å². The van der Waals surface area contributed by atoms with E-state index in [0.717, 1.165) is 10.8 Å². The molecule has 2 rings (SSSR count). The van der Waals surface area contributed by atoms with Gasteiger partial charge < -0.3 is 0 Å². The summed E-state index contributed by atoms with van der Waals surface area (Å²) in [7, 11) is 0. The standard InChI is InChI=1S/C9H6BrN3O/c10-8-1-2-9(11-4-8)13-5-7(6-14)3-12-13/h1-6H. The smallest absolute Gasteiger partial charge is 0.153 e. The van der Waals surface area contributed by atoms with Gasteiger partial charge in [-0.1, -0.05) is 0 Å². The lowest BCUT2D eigenvalue weighted by Crippen LogP contribution is -1.96. The number of hydrogen-bond acceptors (Lipinski definition) is 3. The highest BCUT2D eigenvalue weighted by atomic mass is 79.9. The summed E-state index contributed by atoms with van der Waals surface area (Å²) < 4.78 is 2.46. The molecule has 2 aromatic heterocycles. The average Bonchev–Trinajstić information content (AvgIpc) is 2.67. The highest BCUT2D eigenvalue weighted by molar-refractivity contribution is 9.10. The third kappa shape index (κ3) is 1.72. The van der Waals surface area contributed by atoms with Gasteiger partial charge in [-0.2, -0.15) is 5.10 Å². The van der Waals surface area contributed by atoms with Gasteiger partial charge in [-0.05, 0) is 28.1 Å². The molecular formula is C9H6BrN3O. The van der Waals surface area contributed by atoms with Gasteiger partial charge in [-0.25, -0.2) is 9.67 Å². The Kier molecular flexibility index (Phi) is 2.41. The van der Waals surface area contributed by atoms with Crippen LogP contribution in [0.4, 0.5) is 0 Å². The normalized spacial score (nSPS) is 10.1. The second-order valence-electron chi connectivity index (χ2n) is 2.67. The van der Waals surface area contributed by atoms with Crippen molar-refractivity contribution in [3.05, 3.63) is 40.8 Å². The van der Waals surface area contributed by atoms with Gasteiger partial charge in [0.05, 0.1) is 11.8 Å². The molecule has 0 saturated carbocycles. The van der Waals surface area contributed by atoms with Crippen LogP contribution in [0.1, 0.15) is 10.4 Å². The molecule has 0 fully saturated rings. The van der Waals surface area contributed by atoms with Crippen LogP contribution >= 0.6 is 15.9 Å². The fraction of sp³-hybridized carbons (Fsp3) is 0. The minimum atomic E-state index is 0.537. The Morgan fingerprint density at radius 1 is 1.36 bits per heavy atom. The van der Waals surface area contributed by atoms with Gasteiger partial charge in [0.1, 0.15) is 0 Å². The highest BCUT2D eigenvalue weighted by Gasteiger charge is 2.00. The van der Waals surface area contributed by atoms with E-state index in [1.165, 1.54) is 6.20 Å². The molecule has 0 amide bonds. The van der Waals surface area contributed by atoms with Crippen LogP contribution in [-0.2, 0) is 0 Å². The molecule has 70 valence electrons. The summed E-state index contributed by atoms with van der Waals surface area (Å²) >= 11 is 3.29. The number of aromatic nitrogens is 3. The van der Waals surface area contributed by atoms with Crippen molar-refractivity contribution in [1.82, 2.24) is 14.8 Å². The molecule has 0 spiro atoms. The SMILES string of the molecule is O=Cc1cnn(-c2ccc(Br)cn2)c1. The molecule has 0 atom stereocenters. The lowest BCUT2D eigenvalue weighted by Gasteiger charge is -1.98. The summed E-state index contributed by atoms with van der Waals surface area (Å²) in [6.07, 6.45) is 5.56. The van der Waals surface area contributed by atoms with Gasteiger partial charge in [0, 0.05) is 16.9 Å². The first kappa shape index (κ1) is 9.08. The number of carbonyl (C=O) groups excluding carboxylic acids is 1. The molecule has 0 saturated heterocycles. The lowest BCUT2D eigenvalue weighted by atomic mass is 10.4. The number of pyridine rings is 1. The molecule has 0 aliphatic rings. The van der Waals surface area contributed by atoms with Crippen LogP contribution in [0.5, 0.6) is 0 Å². The first-order valence-electron chi connectivity index (χ1n) is 3.91. The molecule has 0 aliphatic carbocycles. The van der Waals surface area contributed by atoms with Crippen molar-refractivity contribution in [2.24, 2.45) is 0 Å². The number of halogens is 1. The van der Waals surface area contributed by atoms with Crippen LogP contribution < -0.4 is 0 Å². The van der Waals surface area contributed by atoms with Crippen molar-refractivity contribution in [1.29, 1.82) is 0 Å². The summed E-state index contributed by atoms with van der Waals surface area (Å²) in [5.41, 5.74) is 0.537. The Hall–Kier alpha value is -1.49. The van der Waals surface area contributed by atoms with E-state index in [1.54, 1.807) is 17.1 Å². The average molecular weight is 252 g/mol. The van der Waals surface area contributed by atoms with Crippen LogP contribution in [0.2, 0.25) is 0 Å². The fourth-order valence-electron chi connectivity index (χ4n) is 1.03. The predicted octanol–water partition coefficient (Wildman–Crippen LogP) is 1.84. The second-order valence-corrected chi connectivity index (χ2v) is 3.59. The topological polar surface area (TPSA) is 47.8 Å². The van der Waals surface area contributed by atoms with Crippen molar-refractivity contribution < 1.29 is 4.79 Å². The number of hydrogen-bond donors (Lipinski definition) is 0. The summed E-state index contributed by atoms with van der Waals surface area (Å²) in [5.74, 6) is 0.682. The molecule has 0 N–H and O–H groups in total. The van der Waals surface area contributed by atoms with Crippen molar-refractivity contribution >= 4 is 22.2 Å². The Balaban J connectivity index is 2.39. The zero-order valence-corrected chi connectivity index (χ0v) is 8.68. The maximum atomic E-state index is 10.4. The number of carbonyl (C=O) groups is 1. The zero-order valence-electron chi connectivity index (χ0n) is 7.09.